The Hall–Kier alpha value is -2.81. The van der Waals surface area contributed by atoms with Crippen molar-refractivity contribution in [1.29, 1.82) is 5.41 Å². The molecule has 1 aliphatic heterocycles. The van der Waals surface area contributed by atoms with Crippen LogP contribution in [0.1, 0.15) is 60.7 Å². The summed E-state index contributed by atoms with van der Waals surface area (Å²) < 4.78 is 32.0. The molecule has 0 fully saturated rings. The second kappa shape index (κ2) is 11.7. The van der Waals surface area contributed by atoms with Crippen molar-refractivity contribution in [3.05, 3.63) is 46.3 Å². The number of carbonyl (C=O) groups is 1. The lowest BCUT2D eigenvalue weighted by atomic mass is 9.96. The highest BCUT2D eigenvalue weighted by Gasteiger charge is 2.33. The van der Waals surface area contributed by atoms with Gasteiger partial charge in [-0.3, -0.25) is 10.2 Å². The zero-order valence-corrected chi connectivity index (χ0v) is 23.2. The monoisotopic (exact) mass is 551 g/mol. The van der Waals surface area contributed by atoms with Crippen molar-refractivity contribution in [2.75, 3.05) is 45.9 Å². The van der Waals surface area contributed by atoms with Crippen LogP contribution in [0, 0.1) is 11.2 Å². The van der Waals surface area contributed by atoms with Crippen LogP contribution in [0.2, 0.25) is 0 Å². The number of halogens is 2. The lowest BCUT2D eigenvalue weighted by Crippen LogP contribution is -2.30. The summed E-state index contributed by atoms with van der Waals surface area (Å²) in [6.45, 7) is 8.52. The first kappa shape index (κ1) is 28.4. The average Bonchev–Trinajstić information content (AvgIpc) is 3.10. The minimum absolute atomic E-state index is 0. The Kier molecular flexibility index (Phi) is 9.54. The van der Waals surface area contributed by atoms with Crippen molar-refractivity contribution in [2.24, 2.45) is 0 Å². The highest BCUT2D eigenvalue weighted by Crippen LogP contribution is 2.40. The fourth-order valence-corrected chi connectivity index (χ4v) is 4.20. The van der Waals surface area contributed by atoms with Gasteiger partial charge in [-0.15, -0.1) is 17.0 Å². The molecule has 0 saturated carbocycles. The molecule has 3 rings (SSSR count). The number of carbonyl (C=O) groups excluding carboxylic acids is 1. The van der Waals surface area contributed by atoms with E-state index in [9.17, 15) is 4.79 Å². The second-order valence-electron chi connectivity index (χ2n) is 8.71. The lowest BCUT2D eigenvalue weighted by molar-refractivity contribution is 0.0962. The van der Waals surface area contributed by atoms with Gasteiger partial charge in [0.1, 0.15) is 11.6 Å². The highest BCUT2D eigenvalue weighted by atomic mass is 79.9. The van der Waals surface area contributed by atoms with Gasteiger partial charge in [-0.2, -0.15) is 0 Å². The molecule has 0 aliphatic carbocycles. The fourth-order valence-electron chi connectivity index (χ4n) is 4.20. The minimum atomic E-state index is -0.621. The van der Waals surface area contributed by atoms with Crippen molar-refractivity contribution in [2.45, 2.75) is 40.2 Å². The number of anilines is 1. The summed E-state index contributed by atoms with van der Waals surface area (Å²) in [6.07, 6.45) is 0. The molecule has 0 bridgehead atoms. The Morgan fingerprint density at radius 3 is 2.34 bits per heavy atom. The third-order valence-electron chi connectivity index (χ3n) is 5.83. The number of hydrogen-bond donors (Lipinski definition) is 1. The number of nitrogens with zero attached hydrogens (tertiary/aromatic N) is 2. The van der Waals surface area contributed by atoms with Crippen LogP contribution in [0.4, 0.5) is 10.1 Å². The van der Waals surface area contributed by atoms with E-state index in [1.807, 2.05) is 45.8 Å². The van der Waals surface area contributed by atoms with Gasteiger partial charge in [-0.05, 0) is 49.1 Å². The SMILES string of the molecule is Br.CCOc1cc2c(c(F)c1OCC)C(=N)N(CC(=O)c1cc(C(C)C)c(OC)c(N(C)C)c1)C2. The van der Waals surface area contributed by atoms with Crippen LogP contribution >= 0.6 is 17.0 Å². The molecule has 2 aromatic carbocycles. The van der Waals surface area contributed by atoms with Gasteiger partial charge in [0.25, 0.3) is 0 Å². The van der Waals surface area contributed by atoms with Crippen LogP contribution in [0.15, 0.2) is 18.2 Å². The summed E-state index contributed by atoms with van der Waals surface area (Å²) in [5, 5.41) is 8.58. The number of benzene rings is 2. The molecule has 0 radical (unpaired) electrons. The summed E-state index contributed by atoms with van der Waals surface area (Å²) in [4.78, 5) is 16.8. The van der Waals surface area contributed by atoms with Gasteiger partial charge in [0, 0.05) is 26.2 Å². The summed E-state index contributed by atoms with van der Waals surface area (Å²) in [5.41, 5.74) is 3.04. The van der Waals surface area contributed by atoms with E-state index in [0.717, 1.165) is 17.0 Å². The van der Waals surface area contributed by atoms with Gasteiger partial charge in [-0.1, -0.05) is 13.8 Å². The van der Waals surface area contributed by atoms with E-state index in [1.54, 1.807) is 31.1 Å². The van der Waals surface area contributed by atoms with E-state index >= 15 is 4.39 Å². The maximum Gasteiger partial charge on any atom is 0.197 e. The predicted octanol–water partition coefficient (Wildman–Crippen LogP) is 5.42. The molecule has 0 atom stereocenters. The van der Waals surface area contributed by atoms with Gasteiger partial charge >= 0.3 is 0 Å². The van der Waals surface area contributed by atoms with E-state index < -0.39 is 5.82 Å². The third-order valence-corrected chi connectivity index (χ3v) is 5.83. The third kappa shape index (κ3) is 5.55. The normalized spacial score (nSPS) is 12.4. The van der Waals surface area contributed by atoms with Crippen LogP contribution in [0.25, 0.3) is 0 Å². The van der Waals surface area contributed by atoms with Crippen LogP contribution in [0.5, 0.6) is 17.2 Å². The maximum absolute atomic E-state index is 15.3. The van der Waals surface area contributed by atoms with Crippen molar-refractivity contribution in [3.63, 3.8) is 0 Å². The van der Waals surface area contributed by atoms with Gasteiger partial charge < -0.3 is 24.0 Å². The zero-order chi connectivity index (χ0) is 25.2. The standard InChI is InChI=1S/C26H34FN3O4.BrH/c1-8-33-21-12-17-13-30(26(28)22(17)23(27)25(21)34-9-2)14-20(31)16-10-18(15(3)4)24(32-7)19(11-16)29(5)6;/h10-12,15,28H,8-9,13-14H2,1-7H3;1H. The van der Waals surface area contributed by atoms with E-state index in [4.69, 9.17) is 19.6 Å². The Balaban J connectivity index is 0.00000432. The van der Waals surface area contributed by atoms with Crippen LogP contribution in [-0.4, -0.2) is 57.5 Å². The Labute approximate surface area is 217 Å². The quantitative estimate of drug-likeness (QED) is 0.397. The van der Waals surface area contributed by atoms with Crippen LogP contribution < -0.4 is 19.1 Å². The minimum Gasteiger partial charge on any atom is -0.494 e. The number of fused-ring (bicyclic) bond motifs is 1. The number of hydrogen-bond acceptors (Lipinski definition) is 6. The molecule has 1 aliphatic rings. The van der Waals surface area contributed by atoms with E-state index in [0.29, 0.717) is 23.5 Å². The number of ether oxygens (including phenoxy) is 3. The molecular formula is C26H35BrFN3O4. The number of ketones is 1. The molecule has 0 spiro atoms. The molecule has 0 unspecified atom stereocenters. The van der Waals surface area contributed by atoms with E-state index in [1.165, 1.54) is 0 Å². The smallest absolute Gasteiger partial charge is 0.197 e. The summed E-state index contributed by atoms with van der Waals surface area (Å²) >= 11 is 0. The topological polar surface area (TPSA) is 75.1 Å². The summed E-state index contributed by atoms with van der Waals surface area (Å²) in [5.74, 6) is 0.410. The van der Waals surface area contributed by atoms with Gasteiger partial charge in [0.05, 0.1) is 38.1 Å². The molecule has 0 saturated heterocycles. The summed E-state index contributed by atoms with van der Waals surface area (Å²) in [7, 11) is 5.43. The lowest BCUT2D eigenvalue weighted by Gasteiger charge is -2.23. The average molecular weight is 552 g/mol. The maximum atomic E-state index is 15.3. The number of nitrogens with one attached hydrogen (secondary N) is 1. The number of Topliss-reactive ketones (excluding diaryl/α,β-unsaturated/α-hetero) is 1. The van der Waals surface area contributed by atoms with Crippen LogP contribution in [0.3, 0.4) is 0 Å². The zero-order valence-electron chi connectivity index (χ0n) is 21.5. The largest absolute Gasteiger partial charge is 0.494 e. The Morgan fingerprint density at radius 1 is 1.14 bits per heavy atom. The summed E-state index contributed by atoms with van der Waals surface area (Å²) in [6, 6.07) is 5.37. The van der Waals surface area contributed by atoms with Crippen molar-refractivity contribution < 1.29 is 23.4 Å². The molecular weight excluding hydrogens is 517 g/mol. The molecule has 35 heavy (non-hydrogen) atoms. The van der Waals surface area contributed by atoms with E-state index in [-0.39, 0.29) is 65.5 Å². The molecule has 2 aromatic rings. The Morgan fingerprint density at radius 2 is 1.80 bits per heavy atom. The molecule has 192 valence electrons. The van der Waals surface area contributed by atoms with Gasteiger partial charge in [0.15, 0.2) is 23.1 Å². The molecule has 0 amide bonds. The van der Waals surface area contributed by atoms with Gasteiger partial charge in [0.2, 0.25) is 0 Å². The first-order valence-electron chi connectivity index (χ1n) is 11.5. The van der Waals surface area contributed by atoms with Gasteiger partial charge in [-0.25, -0.2) is 4.39 Å². The number of amidine groups is 1. The molecule has 0 aromatic heterocycles. The Bertz CT molecular complexity index is 1080. The molecule has 1 heterocycles. The predicted molar refractivity (Wildman–Crippen MR) is 142 cm³/mol. The van der Waals surface area contributed by atoms with Crippen molar-refractivity contribution in [1.82, 2.24) is 4.90 Å². The second-order valence-corrected chi connectivity index (χ2v) is 8.71. The number of rotatable bonds is 10. The van der Waals surface area contributed by atoms with Crippen LogP contribution in [-0.2, 0) is 6.54 Å². The van der Waals surface area contributed by atoms with Crippen molar-refractivity contribution in [3.8, 4) is 17.2 Å². The van der Waals surface area contributed by atoms with E-state index in [2.05, 4.69) is 0 Å². The van der Waals surface area contributed by atoms with Crippen molar-refractivity contribution >= 4 is 34.3 Å². The molecule has 7 nitrogen and oxygen atoms in total. The fraction of sp³-hybridized carbons (Fsp3) is 0.462. The first-order valence-corrected chi connectivity index (χ1v) is 11.5. The first-order chi connectivity index (χ1) is 16.1. The number of methoxy groups -OCH3 is 1. The molecule has 1 N–H and O–H groups in total. The molecule has 9 heteroatoms. The highest BCUT2D eigenvalue weighted by molar-refractivity contribution is 8.93.